The van der Waals surface area contributed by atoms with Crippen LogP contribution in [-0.4, -0.2) is 21.3 Å². The summed E-state index contributed by atoms with van der Waals surface area (Å²) in [6.45, 7) is 0. The number of carbonyl (C=O) groups is 1. The average molecular weight is 288 g/mol. The van der Waals surface area contributed by atoms with Crippen molar-refractivity contribution in [3.8, 4) is 5.75 Å². The van der Waals surface area contributed by atoms with Crippen LogP contribution in [0.15, 0.2) is 48.5 Å². The van der Waals surface area contributed by atoms with E-state index in [0.29, 0.717) is 0 Å². The topological polar surface area (TPSA) is 81.6 Å². The fraction of sp³-hybridized carbons (Fsp3) is 0. The summed E-state index contributed by atoms with van der Waals surface area (Å²) in [5, 5.41) is 24.5. The molecule has 0 spiro atoms. The molecule has 0 aliphatic carbocycles. The zero-order valence-corrected chi connectivity index (χ0v) is 11.1. The van der Waals surface area contributed by atoms with Gasteiger partial charge < -0.3 is 20.8 Å². The highest BCUT2D eigenvalue weighted by atomic mass is 32.1. The molecular weight excluding hydrogens is 276 g/mol. The molecule has 0 unspecified atom stereocenters. The van der Waals surface area contributed by atoms with Gasteiger partial charge in [0.05, 0.1) is 11.3 Å². The van der Waals surface area contributed by atoms with Gasteiger partial charge in [0, 0.05) is 5.69 Å². The number of anilines is 2. The number of hydrogen-bond acceptors (Lipinski definition) is 3. The lowest BCUT2D eigenvalue weighted by Gasteiger charge is -2.12. The number of rotatable bonds is 3. The molecule has 6 heteroatoms. The molecule has 2 aromatic rings. The van der Waals surface area contributed by atoms with E-state index in [2.05, 4.69) is 10.6 Å². The maximum atomic E-state index is 10.9. The van der Waals surface area contributed by atoms with Crippen LogP contribution in [0.4, 0.5) is 11.4 Å². The molecular formula is C14H12N2O3S. The van der Waals surface area contributed by atoms with Crippen LogP contribution in [0.5, 0.6) is 5.75 Å². The Balaban J connectivity index is 2.11. The summed E-state index contributed by atoms with van der Waals surface area (Å²) in [4.78, 5) is 10.9. The minimum absolute atomic E-state index is 0.0628. The van der Waals surface area contributed by atoms with Crippen molar-refractivity contribution in [1.82, 2.24) is 0 Å². The third-order valence-corrected chi connectivity index (χ3v) is 2.73. The van der Waals surface area contributed by atoms with Crippen molar-refractivity contribution in [2.45, 2.75) is 0 Å². The van der Waals surface area contributed by atoms with Gasteiger partial charge in [0.25, 0.3) is 0 Å². The standard InChI is InChI=1S/C14H12N2O3S/c17-12-7-6-9(13(18)19)8-11(12)16-14(20)15-10-4-2-1-3-5-10/h1-8,17H,(H,18,19)(H2,15,16,20). The Labute approximate surface area is 120 Å². The van der Waals surface area contributed by atoms with Gasteiger partial charge in [-0.25, -0.2) is 4.79 Å². The van der Waals surface area contributed by atoms with Crippen LogP contribution in [0.25, 0.3) is 0 Å². The highest BCUT2D eigenvalue weighted by molar-refractivity contribution is 7.80. The van der Waals surface area contributed by atoms with Crippen molar-refractivity contribution in [1.29, 1.82) is 0 Å². The second-order valence-corrected chi connectivity index (χ2v) is 4.39. The van der Waals surface area contributed by atoms with Gasteiger partial charge in [0.1, 0.15) is 5.75 Å². The Morgan fingerprint density at radius 2 is 1.75 bits per heavy atom. The number of benzene rings is 2. The van der Waals surface area contributed by atoms with Crippen LogP contribution in [-0.2, 0) is 0 Å². The molecule has 20 heavy (non-hydrogen) atoms. The molecule has 5 nitrogen and oxygen atoms in total. The molecule has 2 rings (SSSR count). The molecule has 0 amide bonds. The summed E-state index contributed by atoms with van der Waals surface area (Å²) in [7, 11) is 0. The average Bonchev–Trinajstić information content (AvgIpc) is 2.42. The number of hydrogen-bond donors (Lipinski definition) is 4. The van der Waals surface area contributed by atoms with E-state index < -0.39 is 5.97 Å². The summed E-state index contributed by atoms with van der Waals surface area (Å²) < 4.78 is 0. The van der Waals surface area contributed by atoms with Gasteiger partial charge in [-0.05, 0) is 42.5 Å². The van der Waals surface area contributed by atoms with Crippen LogP contribution in [0.3, 0.4) is 0 Å². The van der Waals surface area contributed by atoms with Crippen molar-refractivity contribution in [3.05, 3.63) is 54.1 Å². The molecule has 0 heterocycles. The molecule has 2 aromatic carbocycles. The Morgan fingerprint density at radius 3 is 2.40 bits per heavy atom. The van der Waals surface area contributed by atoms with Gasteiger partial charge in [-0.3, -0.25) is 0 Å². The van der Waals surface area contributed by atoms with Gasteiger partial charge >= 0.3 is 5.97 Å². The number of phenolic OH excluding ortho intramolecular Hbond substituents is 1. The van der Waals surface area contributed by atoms with E-state index in [4.69, 9.17) is 17.3 Å². The van der Waals surface area contributed by atoms with E-state index in [9.17, 15) is 9.90 Å². The third-order valence-electron chi connectivity index (χ3n) is 2.52. The third kappa shape index (κ3) is 3.46. The summed E-state index contributed by atoms with van der Waals surface area (Å²) in [6, 6.07) is 13.2. The summed E-state index contributed by atoms with van der Waals surface area (Å²) in [5.41, 5.74) is 1.09. The fourth-order valence-corrected chi connectivity index (χ4v) is 1.80. The number of carboxylic acid groups (broad SMARTS) is 1. The molecule has 0 aliphatic rings. The van der Waals surface area contributed by atoms with Crippen molar-refractivity contribution in [3.63, 3.8) is 0 Å². The first-order valence-electron chi connectivity index (χ1n) is 5.75. The maximum absolute atomic E-state index is 10.9. The number of thiocarbonyl (C=S) groups is 1. The summed E-state index contributed by atoms with van der Waals surface area (Å²) >= 11 is 5.11. The quantitative estimate of drug-likeness (QED) is 0.513. The zero-order chi connectivity index (χ0) is 14.5. The number of aromatic carboxylic acids is 1. The van der Waals surface area contributed by atoms with Crippen LogP contribution < -0.4 is 10.6 Å². The lowest BCUT2D eigenvalue weighted by molar-refractivity contribution is 0.0697. The Kier molecular flexibility index (Phi) is 4.17. The largest absolute Gasteiger partial charge is 0.506 e. The van der Waals surface area contributed by atoms with E-state index in [1.165, 1.54) is 18.2 Å². The Bertz CT molecular complexity index is 644. The number of phenols is 1. The van der Waals surface area contributed by atoms with Crippen LogP contribution in [0, 0.1) is 0 Å². The maximum Gasteiger partial charge on any atom is 0.335 e. The number of nitrogens with one attached hydrogen (secondary N) is 2. The van der Waals surface area contributed by atoms with Crippen molar-refractivity contribution >= 4 is 34.7 Å². The highest BCUT2D eigenvalue weighted by Crippen LogP contribution is 2.24. The molecule has 102 valence electrons. The number of carboxylic acids is 1. The first kappa shape index (κ1) is 13.8. The summed E-state index contributed by atoms with van der Waals surface area (Å²) in [6.07, 6.45) is 0. The zero-order valence-electron chi connectivity index (χ0n) is 10.3. The molecule has 0 aromatic heterocycles. The van der Waals surface area contributed by atoms with E-state index in [1.807, 2.05) is 30.3 Å². The monoisotopic (exact) mass is 288 g/mol. The SMILES string of the molecule is O=C(O)c1ccc(O)c(NC(=S)Nc2ccccc2)c1. The molecule has 0 bridgehead atoms. The van der Waals surface area contributed by atoms with Crippen molar-refractivity contribution in [2.75, 3.05) is 10.6 Å². The molecule has 0 aliphatic heterocycles. The fourth-order valence-electron chi connectivity index (χ4n) is 1.58. The van der Waals surface area contributed by atoms with Gasteiger partial charge in [-0.1, -0.05) is 18.2 Å². The lowest BCUT2D eigenvalue weighted by atomic mass is 10.2. The van der Waals surface area contributed by atoms with Gasteiger partial charge in [-0.15, -0.1) is 0 Å². The Morgan fingerprint density at radius 1 is 1.05 bits per heavy atom. The molecule has 0 saturated carbocycles. The van der Waals surface area contributed by atoms with Crippen LogP contribution in [0.1, 0.15) is 10.4 Å². The van der Waals surface area contributed by atoms with Crippen molar-refractivity contribution in [2.24, 2.45) is 0 Å². The van der Waals surface area contributed by atoms with E-state index in [1.54, 1.807) is 0 Å². The molecule has 0 fully saturated rings. The van der Waals surface area contributed by atoms with Gasteiger partial charge in [-0.2, -0.15) is 0 Å². The minimum atomic E-state index is -1.07. The second kappa shape index (κ2) is 6.03. The van der Waals surface area contributed by atoms with Crippen LogP contribution >= 0.6 is 12.2 Å². The molecule has 0 saturated heterocycles. The van der Waals surface area contributed by atoms with Crippen LogP contribution in [0.2, 0.25) is 0 Å². The Hall–Kier alpha value is -2.60. The normalized spacial score (nSPS) is 9.80. The lowest BCUT2D eigenvalue weighted by Crippen LogP contribution is -2.19. The smallest absolute Gasteiger partial charge is 0.335 e. The number of aromatic hydroxyl groups is 1. The van der Waals surface area contributed by atoms with Gasteiger partial charge in [0.15, 0.2) is 5.11 Å². The second-order valence-electron chi connectivity index (χ2n) is 3.98. The first-order chi connectivity index (χ1) is 9.56. The van der Waals surface area contributed by atoms with E-state index in [-0.39, 0.29) is 22.1 Å². The first-order valence-corrected chi connectivity index (χ1v) is 6.16. The number of para-hydroxylation sites is 1. The van der Waals surface area contributed by atoms with Gasteiger partial charge in [0.2, 0.25) is 0 Å². The minimum Gasteiger partial charge on any atom is -0.506 e. The van der Waals surface area contributed by atoms with E-state index in [0.717, 1.165) is 5.69 Å². The predicted molar refractivity (Wildman–Crippen MR) is 81.4 cm³/mol. The molecule has 0 atom stereocenters. The van der Waals surface area contributed by atoms with E-state index >= 15 is 0 Å². The molecule has 4 N–H and O–H groups in total. The molecule has 0 radical (unpaired) electrons. The summed E-state index contributed by atoms with van der Waals surface area (Å²) in [5.74, 6) is -1.15. The highest BCUT2D eigenvalue weighted by Gasteiger charge is 2.09. The predicted octanol–water partition coefficient (Wildman–Crippen LogP) is 2.90. The van der Waals surface area contributed by atoms with Crippen molar-refractivity contribution < 1.29 is 15.0 Å².